The monoisotopic (exact) mass is 332 g/mol. The molecule has 20 heavy (non-hydrogen) atoms. The summed E-state index contributed by atoms with van der Waals surface area (Å²) in [6.07, 6.45) is 0. The second-order valence-electron chi connectivity index (χ2n) is 4.74. The van der Waals surface area contributed by atoms with Gasteiger partial charge >= 0.3 is 0 Å². The van der Waals surface area contributed by atoms with Crippen molar-refractivity contribution < 1.29 is 4.79 Å². The van der Waals surface area contributed by atoms with E-state index in [4.69, 9.17) is 5.73 Å². The fourth-order valence-electron chi connectivity index (χ4n) is 2.04. The lowest BCUT2D eigenvalue weighted by Crippen LogP contribution is -2.29. The van der Waals surface area contributed by atoms with Gasteiger partial charge in [0.15, 0.2) is 0 Å². The van der Waals surface area contributed by atoms with Gasteiger partial charge in [0.1, 0.15) is 0 Å². The highest BCUT2D eigenvalue weighted by molar-refractivity contribution is 9.10. The minimum Gasteiger partial charge on any atom is -0.399 e. The Bertz CT molecular complexity index is 627. The fourth-order valence-corrected chi connectivity index (χ4v) is 2.50. The quantitative estimate of drug-likeness (QED) is 0.867. The number of carbonyl (C=O) groups is 1. The summed E-state index contributed by atoms with van der Waals surface area (Å²) in [7, 11) is 1.80. The molecule has 2 aromatic carbocycles. The Morgan fingerprint density at radius 3 is 2.55 bits per heavy atom. The van der Waals surface area contributed by atoms with Crippen LogP contribution in [0, 0.1) is 0 Å². The Morgan fingerprint density at radius 1 is 1.20 bits per heavy atom. The molecule has 0 saturated heterocycles. The predicted octanol–water partition coefficient (Wildman–Crippen LogP) is 3.86. The number of benzene rings is 2. The molecule has 104 valence electrons. The van der Waals surface area contributed by atoms with Gasteiger partial charge in [0.05, 0.1) is 11.6 Å². The zero-order valence-electron chi connectivity index (χ0n) is 11.5. The third-order valence-corrected chi connectivity index (χ3v) is 4.09. The van der Waals surface area contributed by atoms with E-state index in [2.05, 4.69) is 15.9 Å². The van der Waals surface area contributed by atoms with Crippen molar-refractivity contribution in [1.29, 1.82) is 0 Å². The second-order valence-corrected chi connectivity index (χ2v) is 5.60. The summed E-state index contributed by atoms with van der Waals surface area (Å²) in [6.45, 7) is 1.99. The van der Waals surface area contributed by atoms with Crippen LogP contribution in [0.15, 0.2) is 53.0 Å². The molecule has 0 aliphatic carbocycles. The van der Waals surface area contributed by atoms with Crippen LogP contribution in [0.2, 0.25) is 0 Å². The van der Waals surface area contributed by atoms with Gasteiger partial charge in [-0.1, -0.05) is 24.3 Å². The molecule has 1 amide bonds. The molecule has 0 aliphatic heterocycles. The Hall–Kier alpha value is -1.81. The number of rotatable bonds is 3. The molecular formula is C16H17BrN2O. The summed E-state index contributed by atoms with van der Waals surface area (Å²) in [5, 5.41) is 0. The van der Waals surface area contributed by atoms with Crippen molar-refractivity contribution >= 4 is 27.5 Å². The van der Waals surface area contributed by atoms with Crippen molar-refractivity contribution in [2.75, 3.05) is 12.8 Å². The number of carbonyl (C=O) groups excluding carboxylic acids is 1. The first-order valence-electron chi connectivity index (χ1n) is 6.38. The molecule has 1 unspecified atom stereocenters. The van der Waals surface area contributed by atoms with Crippen molar-refractivity contribution in [3.05, 3.63) is 64.1 Å². The first kappa shape index (κ1) is 14.6. The molecule has 0 saturated carbocycles. The van der Waals surface area contributed by atoms with E-state index >= 15 is 0 Å². The van der Waals surface area contributed by atoms with E-state index in [-0.39, 0.29) is 11.9 Å². The number of hydrogen-bond donors (Lipinski definition) is 1. The summed E-state index contributed by atoms with van der Waals surface area (Å²) in [5.74, 6) is -0.0209. The maximum atomic E-state index is 12.5. The lowest BCUT2D eigenvalue weighted by Gasteiger charge is -2.26. The molecule has 2 aromatic rings. The summed E-state index contributed by atoms with van der Waals surface area (Å²) in [5.41, 5.74) is 8.18. The highest BCUT2D eigenvalue weighted by Gasteiger charge is 2.20. The molecule has 0 radical (unpaired) electrons. The van der Waals surface area contributed by atoms with Gasteiger partial charge in [-0.15, -0.1) is 0 Å². The predicted molar refractivity (Wildman–Crippen MR) is 85.5 cm³/mol. The smallest absolute Gasteiger partial charge is 0.255 e. The first-order chi connectivity index (χ1) is 9.50. The van der Waals surface area contributed by atoms with Crippen LogP contribution in [-0.2, 0) is 0 Å². The van der Waals surface area contributed by atoms with E-state index < -0.39 is 0 Å². The highest BCUT2D eigenvalue weighted by Crippen LogP contribution is 2.24. The van der Waals surface area contributed by atoms with Crippen molar-refractivity contribution in [2.24, 2.45) is 0 Å². The number of amides is 1. The zero-order chi connectivity index (χ0) is 14.7. The third kappa shape index (κ3) is 3.02. The number of hydrogen-bond acceptors (Lipinski definition) is 2. The van der Waals surface area contributed by atoms with E-state index in [9.17, 15) is 4.79 Å². The molecule has 4 heteroatoms. The molecule has 0 aliphatic rings. The summed E-state index contributed by atoms with van der Waals surface area (Å²) in [6, 6.07) is 15.0. The van der Waals surface area contributed by atoms with Crippen LogP contribution in [-0.4, -0.2) is 17.9 Å². The van der Waals surface area contributed by atoms with Crippen molar-refractivity contribution in [1.82, 2.24) is 4.90 Å². The fraction of sp³-hybridized carbons (Fsp3) is 0.188. The first-order valence-corrected chi connectivity index (χ1v) is 7.17. The van der Waals surface area contributed by atoms with E-state index in [1.54, 1.807) is 11.9 Å². The summed E-state index contributed by atoms with van der Waals surface area (Å²) < 4.78 is 0.802. The lowest BCUT2D eigenvalue weighted by atomic mass is 10.1. The standard InChI is InChI=1S/C16H17BrN2O/c1-11(12-6-5-7-13(18)10-12)19(2)16(20)14-8-3-4-9-15(14)17/h3-11H,18H2,1-2H3. The topological polar surface area (TPSA) is 46.3 Å². The van der Waals surface area contributed by atoms with Crippen molar-refractivity contribution in [3.63, 3.8) is 0 Å². The van der Waals surface area contributed by atoms with Crippen molar-refractivity contribution in [2.45, 2.75) is 13.0 Å². The average Bonchev–Trinajstić information content (AvgIpc) is 2.45. The minimum absolute atomic E-state index is 0.0209. The zero-order valence-corrected chi connectivity index (χ0v) is 13.1. The number of nitrogens with two attached hydrogens (primary N) is 1. The Balaban J connectivity index is 2.25. The van der Waals surface area contributed by atoms with E-state index in [1.165, 1.54) is 0 Å². The number of halogens is 1. The largest absolute Gasteiger partial charge is 0.399 e. The molecule has 1 atom stereocenters. The Labute approximate surface area is 127 Å². The normalized spacial score (nSPS) is 11.9. The molecule has 0 bridgehead atoms. The van der Waals surface area contributed by atoms with Gasteiger partial charge in [-0.2, -0.15) is 0 Å². The minimum atomic E-state index is -0.0434. The van der Waals surface area contributed by atoms with E-state index in [0.29, 0.717) is 11.3 Å². The molecule has 2 rings (SSSR count). The van der Waals surface area contributed by atoms with Gasteiger partial charge in [-0.25, -0.2) is 0 Å². The van der Waals surface area contributed by atoms with E-state index in [0.717, 1.165) is 10.0 Å². The lowest BCUT2D eigenvalue weighted by molar-refractivity contribution is 0.0741. The summed E-state index contributed by atoms with van der Waals surface area (Å²) >= 11 is 3.41. The number of nitrogens with zero attached hydrogens (tertiary/aromatic N) is 1. The summed E-state index contributed by atoms with van der Waals surface area (Å²) in [4.78, 5) is 14.2. The molecule has 0 spiro atoms. The maximum absolute atomic E-state index is 12.5. The van der Waals surface area contributed by atoms with Crippen LogP contribution in [0.1, 0.15) is 28.9 Å². The molecule has 2 N–H and O–H groups in total. The van der Waals surface area contributed by atoms with Crippen LogP contribution in [0.5, 0.6) is 0 Å². The number of anilines is 1. The van der Waals surface area contributed by atoms with Gasteiger partial charge in [0, 0.05) is 17.2 Å². The van der Waals surface area contributed by atoms with Gasteiger partial charge in [-0.3, -0.25) is 4.79 Å². The van der Waals surface area contributed by atoms with E-state index in [1.807, 2.05) is 55.5 Å². The van der Waals surface area contributed by atoms with Gasteiger partial charge in [0.25, 0.3) is 5.91 Å². The van der Waals surface area contributed by atoms with Crippen LogP contribution >= 0.6 is 15.9 Å². The van der Waals surface area contributed by atoms with Crippen LogP contribution in [0.4, 0.5) is 5.69 Å². The Morgan fingerprint density at radius 2 is 1.90 bits per heavy atom. The average molecular weight is 333 g/mol. The molecule has 0 fully saturated rings. The SMILES string of the molecule is CC(c1cccc(N)c1)N(C)C(=O)c1ccccc1Br. The van der Waals surface area contributed by atoms with Gasteiger partial charge in [-0.05, 0) is 52.7 Å². The second kappa shape index (κ2) is 6.09. The molecule has 0 aromatic heterocycles. The van der Waals surface area contributed by atoms with Crippen molar-refractivity contribution in [3.8, 4) is 0 Å². The van der Waals surface area contributed by atoms with Gasteiger partial charge in [0.2, 0.25) is 0 Å². The molecular weight excluding hydrogens is 316 g/mol. The van der Waals surface area contributed by atoms with Crippen LogP contribution < -0.4 is 5.73 Å². The van der Waals surface area contributed by atoms with Gasteiger partial charge < -0.3 is 10.6 Å². The number of nitrogen functional groups attached to an aromatic ring is 1. The maximum Gasteiger partial charge on any atom is 0.255 e. The van der Waals surface area contributed by atoms with Crippen LogP contribution in [0.3, 0.4) is 0 Å². The molecule has 3 nitrogen and oxygen atoms in total. The third-order valence-electron chi connectivity index (χ3n) is 3.40. The highest BCUT2D eigenvalue weighted by atomic mass is 79.9. The van der Waals surface area contributed by atoms with Crippen LogP contribution in [0.25, 0.3) is 0 Å². The Kier molecular flexibility index (Phi) is 4.45. The molecule has 0 heterocycles.